The molecule has 0 aliphatic carbocycles. The van der Waals surface area contributed by atoms with Crippen LogP contribution < -0.4 is 5.32 Å². The Labute approximate surface area is 153 Å². The number of benzene rings is 2. The summed E-state index contributed by atoms with van der Waals surface area (Å²) in [6.45, 7) is 3.28. The van der Waals surface area contributed by atoms with Crippen LogP contribution in [0.4, 0.5) is 0 Å². The monoisotopic (exact) mass is 353 g/mol. The molecule has 1 saturated heterocycles. The average Bonchev–Trinajstić information content (AvgIpc) is 2.64. The number of amides is 1. The van der Waals surface area contributed by atoms with Crippen LogP contribution in [0.5, 0.6) is 0 Å². The van der Waals surface area contributed by atoms with E-state index in [0.717, 1.165) is 11.1 Å². The van der Waals surface area contributed by atoms with E-state index < -0.39 is 36.1 Å². The molecule has 26 heavy (non-hydrogen) atoms. The Morgan fingerprint density at radius 3 is 1.92 bits per heavy atom. The van der Waals surface area contributed by atoms with Crippen LogP contribution in [-0.4, -0.2) is 29.1 Å². The maximum atomic E-state index is 12.8. The van der Waals surface area contributed by atoms with Crippen molar-refractivity contribution in [2.24, 2.45) is 11.8 Å². The molecule has 4 atom stereocenters. The van der Waals surface area contributed by atoms with Crippen molar-refractivity contribution in [2.75, 3.05) is 0 Å². The molecule has 5 nitrogen and oxygen atoms in total. The van der Waals surface area contributed by atoms with Gasteiger partial charge in [0.25, 0.3) is 0 Å². The summed E-state index contributed by atoms with van der Waals surface area (Å²) in [5.74, 6) is -1.77. The second-order valence-corrected chi connectivity index (χ2v) is 6.73. The van der Waals surface area contributed by atoms with Crippen molar-refractivity contribution in [3.05, 3.63) is 71.8 Å². The van der Waals surface area contributed by atoms with Gasteiger partial charge in [-0.05, 0) is 25.0 Å². The molecule has 5 heteroatoms. The number of carbonyl (C=O) groups is 2. The fraction of sp³-hybridized carbons (Fsp3) is 0.333. The van der Waals surface area contributed by atoms with Gasteiger partial charge in [0, 0.05) is 0 Å². The molecular weight excluding hydrogens is 330 g/mol. The minimum Gasteiger partial charge on any atom is -0.452 e. The van der Waals surface area contributed by atoms with Crippen molar-refractivity contribution in [3.8, 4) is 0 Å². The van der Waals surface area contributed by atoms with Crippen molar-refractivity contribution in [2.45, 2.75) is 32.1 Å². The lowest BCUT2D eigenvalue weighted by atomic mass is 9.79. The number of β-lactam (4-membered cyclic amide) rings is 1. The van der Waals surface area contributed by atoms with Gasteiger partial charge in [-0.3, -0.25) is 9.59 Å². The van der Waals surface area contributed by atoms with Crippen LogP contribution in [0.25, 0.3) is 0 Å². The zero-order chi connectivity index (χ0) is 18.7. The SMILES string of the molecule is C[C@@H](O)[C@H]1C(=O)N[C@@H]1[C@@H](C)C(=O)OC(c1ccccc1)c1ccccc1. The molecule has 0 bridgehead atoms. The van der Waals surface area contributed by atoms with Crippen LogP contribution in [0, 0.1) is 11.8 Å². The van der Waals surface area contributed by atoms with Crippen LogP contribution in [0.2, 0.25) is 0 Å². The smallest absolute Gasteiger partial charge is 0.311 e. The van der Waals surface area contributed by atoms with E-state index in [1.165, 1.54) is 0 Å². The molecule has 0 unspecified atom stereocenters. The molecule has 0 radical (unpaired) electrons. The van der Waals surface area contributed by atoms with Crippen molar-refractivity contribution < 1.29 is 19.4 Å². The van der Waals surface area contributed by atoms with Crippen molar-refractivity contribution in [1.82, 2.24) is 5.32 Å². The number of esters is 1. The lowest BCUT2D eigenvalue weighted by Gasteiger charge is -2.41. The van der Waals surface area contributed by atoms with Crippen molar-refractivity contribution in [1.29, 1.82) is 0 Å². The molecule has 0 spiro atoms. The Hall–Kier alpha value is -2.66. The number of rotatable bonds is 6. The van der Waals surface area contributed by atoms with Gasteiger partial charge in [0.05, 0.1) is 24.0 Å². The first-order valence-electron chi connectivity index (χ1n) is 8.78. The third-order valence-electron chi connectivity index (χ3n) is 4.87. The van der Waals surface area contributed by atoms with Crippen LogP contribution in [0.15, 0.2) is 60.7 Å². The van der Waals surface area contributed by atoms with E-state index in [0.29, 0.717) is 0 Å². The zero-order valence-electron chi connectivity index (χ0n) is 14.8. The van der Waals surface area contributed by atoms with Crippen LogP contribution >= 0.6 is 0 Å². The normalized spacial score (nSPS) is 21.5. The Balaban J connectivity index is 1.79. The molecule has 1 fully saturated rings. The highest BCUT2D eigenvalue weighted by Crippen LogP contribution is 2.30. The Morgan fingerprint density at radius 1 is 1.00 bits per heavy atom. The fourth-order valence-corrected chi connectivity index (χ4v) is 3.33. The van der Waals surface area contributed by atoms with E-state index in [1.807, 2.05) is 60.7 Å². The van der Waals surface area contributed by atoms with Gasteiger partial charge in [0.2, 0.25) is 5.91 Å². The maximum Gasteiger partial charge on any atom is 0.311 e. The van der Waals surface area contributed by atoms with Gasteiger partial charge in [-0.2, -0.15) is 0 Å². The predicted molar refractivity (Wildman–Crippen MR) is 97.1 cm³/mol. The second kappa shape index (κ2) is 7.70. The van der Waals surface area contributed by atoms with Gasteiger partial charge in [-0.25, -0.2) is 0 Å². The standard InChI is InChI=1S/C21H23NO4/c1-13(18-17(14(2)23)20(24)22-18)21(25)26-19(15-9-5-3-6-10-15)16-11-7-4-8-12-16/h3-14,17-19,23H,1-2H3,(H,22,24)/t13-,14-,17-,18-/m1/s1. The van der Waals surface area contributed by atoms with Crippen LogP contribution in [0.1, 0.15) is 31.1 Å². The van der Waals surface area contributed by atoms with E-state index in [9.17, 15) is 14.7 Å². The quantitative estimate of drug-likeness (QED) is 0.618. The number of carbonyl (C=O) groups excluding carboxylic acids is 2. The highest BCUT2D eigenvalue weighted by atomic mass is 16.5. The number of hydrogen-bond donors (Lipinski definition) is 2. The Morgan fingerprint density at radius 2 is 1.50 bits per heavy atom. The zero-order valence-corrected chi connectivity index (χ0v) is 14.8. The van der Waals surface area contributed by atoms with Gasteiger partial charge in [0.15, 0.2) is 6.10 Å². The third-order valence-corrected chi connectivity index (χ3v) is 4.87. The number of aliphatic hydroxyl groups excluding tert-OH is 1. The predicted octanol–water partition coefficient (Wildman–Crippen LogP) is 2.45. The summed E-state index contributed by atoms with van der Waals surface area (Å²) in [4.78, 5) is 24.4. The molecule has 1 heterocycles. The van der Waals surface area contributed by atoms with E-state index in [1.54, 1.807) is 13.8 Å². The first-order valence-corrected chi connectivity index (χ1v) is 8.78. The van der Waals surface area contributed by atoms with Crippen molar-refractivity contribution >= 4 is 11.9 Å². The topological polar surface area (TPSA) is 75.6 Å². The molecule has 2 aromatic rings. The third kappa shape index (κ3) is 3.63. The second-order valence-electron chi connectivity index (χ2n) is 6.73. The Bertz CT molecular complexity index is 721. The molecule has 136 valence electrons. The molecule has 1 amide bonds. The lowest BCUT2D eigenvalue weighted by molar-refractivity contribution is -0.159. The van der Waals surface area contributed by atoms with E-state index >= 15 is 0 Å². The van der Waals surface area contributed by atoms with Crippen LogP contribution in [0.3, 0.4) is 0 Å². The minimum atomic E-state index is -0.803. The number of aliphatic hydroxyl groups is 1. The summed E-state index contributed by atoms with van der Waals surface area (Å²) in [6.07, 6.45) is -1.32. The molecule has 1 aliphatic heterocycles. The molecule has 0 aromatic heterocycles. The molecule has 2 aromatic carbocycles. The summed E-state index contributed by atoms with van der Waals surface area (Å²) in [6, 6.07) is 18.7. The van der Waals surface area contributed by atoms with Gasteiger partial charge < -0.3 is 15.2 Å². The molecule has 3 rings (SSSR count). The summed E-state index contributed by atoms with van der Waals surface area (Å²) in [5, 5.41) is 12.5. The fourth-order valence-electron chi connectivity index (χ4n) is 3.33. The number of nitrogens with one attached hydrogen (secondary N) is 1. The van der Waals surface area contributed by atoms with E-state index in [4.69, 9.17) is 4.74 Å². The maximum absolute atomic E-state index is 12.8. The summed E-state index contributed by atoms with van der Waals surface area (Å²) >= 11 is 0. The van der Waals surface area contributed by atoms with E-state index in [-0.39, 0.29) is 5.91 Å². The number of ether oxygens (including phenoxy) is 1. The summed E-state index contributed by atoms with van der Waals surface area (Å²) < 4.78 is 5.83. The molecule has 2 N–H and O–H groups in total. The van der Waals surface area contributed by atoms with E-state index in [2.05, 4.69) is 5.32 Å². The van der Waals surface area contributed by atoms with Gasteiger partial charge in [0.1, 0.15) is 0 Å². The summed E-state index contributed by atoms with van der Waals surface area (Å²) in [7, 11) is 0. The lowest BCUT2D eigenvalue weighted by Crippen LogP contribution is -2.65. The number of hydrogen-bond acceptors (Lipinski definition) is 4. The largest absolute Gasteiger partial charge is 0.452 e. The van der Waals surface area contributed by atoms with Crippen LogP contribution in [-0.2, 0) is 14.3 Å². The van der Waals surface area contributed by atoms with Gasteiger partial charge >= 0.3 is 5.97 Å². The first kappa shape index (κ1) is 18.1. The summed E-state index contributed by atoms with van der Waals surface area (Å²) in [5.41, 5.74) is 1.76. The minimum absolute atomic E-state index is 0.229. The molecule has 1 aliphatic rings. The Kier molecular flexibility index (Phi) is 5.38. The average molecular weight is 353 g/mol. The van der Waals surface area contributed by atoms with Crippen molar-refractivity contribution in [3.63, 3.8) is 0 Å². The molecular formula is C21H23NO4. The highest BCUT2D eigenvalue weighted by Gasteiger charge is 2.47. The van der Waals surface area contributed by atoms with Gasteiger partial charge in [-0.15, -0.1) is 0 Å². The first-order chi connectivity index (χ1) is 12.5. The van der Waals surface area contributed by atoms with Gasteiger partial charge in [-0.1, -0.05) is 60.7 Å². The molecule has 0 saturated carbocycles. The highest BCUT2D eigenvalue weighted by molar-refractivity contribution is 5.89.